The first kappa shape index (κ1) is 15.2. The van der Waals surface area contributed by atoms with Gasteiger partial charge in [0.2, 0.25) is 0 Å². The summed E-state index contributed by atoms with van der Waals surface area (Å²) in [4.78, 5) is 0. The van der Waals surface area contributed by atoms with Gasteiger partial charge in [0.05, 0.1) is 6.10 Å². The smallest absolute Gasteiger partial charge is 0.405 e. The van der Waals surface area contributed by atoms with E-state index in [2.05, 4.69) is 20.7 Å². The number of hydrogen-bond acceptors (Lipinski definition) is 4. The molecule has 0 aliphatic carbocycles. The lowest BCUT2D eigenvalue weighted by Gasteiger charge is -2.20. The molecule has 0 bridgehead atoms. The quantitative estimate of drug-likeness (QED) is 0.786. The number of alkyl halides is 3. The highest BCUT2D eigenvalue weighted by atomic mass is 79.9. The van der Waals surface area contributed by atoms with Crippen molar-refractivity contribution in [2.24, 2.45) is 5.73 Å². The maximum Gasteiger partial charge on any atom is 0.573 e. The molecule has 0 saturated carbocycles. The zero-order chi connectivity index (χ0) is 13.9. The summed E-state index contributed by atoms with van der Waals surface area (Å²) in [7, 11) is 0. The molecule has 0 radical (unpaired) electrons. The van der Waals surface area contributed by atoms with Crippen molar-refractivity contribution in [3.63, 3.8) is 0 Å². The average molecular weight is 330 g/mol. The molecule has 0 aromatic heterocycles. The van der Waals surface area contributed by atoms with Gasteiger partial charge in [-0.15, -0.1) is 13.2 Å². The van der Waals surface area contributed by atoms with E-state index in [0.717, 1.165) is 6.07 Å². The number of halogens is 4. The van der Waals surface area contributed by atoms with Crippen LogP contribution in [0.3, 0.4) is 0 Å². The highest BCUT2D eigenvalue weighted by Crippen LogP contribution is 2.33. The predicted molar refractivity (Wildman–Crippen MR) is 60.8 cm³/mol. The van der Waals surface area contributed by atoms with Gasteiger partial charge in [0.25, 0.3) is 0 Å². The van der Waals surface area contributed by atoms with Crippen molar-refractivity contribution in [3.8, 4) is 5.75 Å². The van der Waals surface area contributed by atoms with Crippen LogP contribution in [-0.4, -0.2) is 29.2 Å². The first-order valence-corrected chi connectivity index (χ1v) is 5.65. The van der Waals surface area contributed by atoms with Gasteiger partial charge in [0.1, 0.15) is 11.9 Å². The maximum absolute atomic E-state index is 12.2. The van der Waals surface area contributed by atoms with Crippen molar-refractivity contribution in [3.05, 3.63) is 28.2 Å². The third kappa shape index (κ3) is 4.13. The normalized spacial score (nSPS) is 15.3. The largest absolute Gasteiger partial charge is 0.573 e. The Morgan fingerprint density at radius 2 is 1.94 bits per heavy atom. The Morgan fingerprint density at radius 1 is 1.33 bits per heavy atom. The number of rotatable bonds is 4. The summed E-state index contributed by atoms with van der Waals surface area (Å²) >= 11 is 2.99. The zero-order valence-corrected chi connectivity index (χ0v) is 10.6. The second-order valence-corrected chi connectivity index (χ2v) is 4.39. The Balaban J connectivity index is 3.11. The van der Waals surface area contributed by atoms with Crippen LogP contribution in [0.25, 0.3) is 0 Å². The highest BCUT2D eigenvalue weighted by molar-refractivity contribution is 9.10. The second-order valence-electron chi connectivity index (χ2n) is 3.48. The number of benzene rings is 1. The lowest BCUT2D eigenvalue weighted by atomic mass is 10.0. The van der Waals surface area contributed by atoms with E-state index in [9.17, 15) is 23.4 Å². The van der Waals surface area contributed by atoms with Crippen LogP contribution in [0.1, 0.15) is 11.7 Å². The van der Waals surface area contributed by atoms with E-state index in [-0.39, 0.29) is 12.1 Å². The number of aliphatic hydroxyl groups is 2. The third-order valence-electron chi connectivity index (χ3n) is 2.13. The van der Waals surface area contributed by atoms with E-state index in [1.54, 1.807) is 0 Å². The molecular formula is C10H11BrF3NO3. The first-order valence-electron chi connectivity index (χ1n) is 4.86. The summed E-state index contributed by atoms with van der Waals surface area (Å²) in [6.45, 7) is -0.289. The Kier molecular flexibility index (Phi) is 4.97. The van der Waals surface area contributed by atoms with Crippen LogP contribution in [0.5, 0.6) is 5.75 Å². The topological polar surface area (TPSA) is 75.7 Å². The molecule has 4 nitrogen and oxygen atoms in total. The van der Waals surface area contributed by atoms with Gasteiger partial charge in [0, 0.05) is 16.6 Å². The SMILES string of the molecule is NCC(O)C(O)c1ccc(Br)cc1OC(F)(F)F. The van der Waals surface area contributed by atoms with E-state index in [1.807, 2.05) is 0 Å². The second kappa shape index (κ2) is 5.87. The van der Waals surface area contributed by atoms with Crippen molar-refractivity contribution in [1.29, 1.82) is 0 Å². The van der Waals surface area contributed by atoms with Crippen molar-refractivity contribution in [2.45, 2.75) is 18.6 Å². The molecule has 0 aliphatic rings. The Morgan fingerprint density at radius 3 is 2.44 bits per heavy atom. The first-order chi connectivity index (χ1) is 8.24. The van der Waals surface area contributed by atoms with Crippen LogP contribution in [-0.2, 0) is 0 Å². The van der Waals surface area contributed by atoms with E-state index in [4.69, 9.17) is 5.73 Å². The third-order valence-corrected chi connectivity index (χ3v) is 2.62. The van der Waals surface area contributed by atoms with Gasteiger partial charge in [-0.1, -0.05) is 22.0 Å². The minimum atomic E-state index is -4.89. The summed E-state index contributed by atoms with van der Waals surface area (Å²) in [5.41, 5.74) is 4.95. The number of nitrogens with two attached hydrogens (primary N) is 1. The molecule has 1 rings (SSSR count). The Bertz CT molecular complexity index is 414. The number of hydrogen-bond donors (Lipinski definition) is 3. The minimum absolute atomic E-state index is 0.187. The molecule has 4 N–H and O–H groups in total. The fourth-order valence-corrected chi connectivity index (χ4v) is 1.64. The summed E-state index contributed by atoms with van der Waals surface area (Å²) < 4.78 is 40.7. The lowest BCUT2D eigenvalue weighted by Crippen LogP contribution is -2.28. The molecule has 1 aromatic carbocycles. The molecule has 102 valence electrons. The van der Waals surface area contributed by atoms with Gasteiger partial charge in [-0.05, 0) is 12.1 Å². The van der Waals surface area contributed by atoms with Crippen molar-refractivity contribution in [1.82, 2.24) is 0 Å². The predicted octanol–water partition coefficient (Wildman–Crippen LogP) is 1.70. The minimum Gasteiger partial charge on any atom is -0.405 e. The number of ether oxygens (including phenoxy) is 1. The molecule has 8 heteroatoms. The van der Waals surface area contributed by atoms with E-state index >= 15 is 0 Å². The molecule has 0 spiro atoms. The Labute approximate surface area is 109 Å². The van der Waals surface area contributed by atoms with Crippen molar-refractivity contribution < 1.29 is 28.1 Å². The molecule has 0 heterocycles. The average Bonchev–Trinajstić information content (AvgIpc) is 2.25. The van der Waals surface area contributed by atoms with Crippen molar-refractivity contribution >= 4 is 15.9 Å². The van der Waals surface area contributed by atoms with Crippen LogP contribution in [0.2, 0.25) is 0 Å². The van der Waals surface area contributed by atoms with Gasteiger partial charge < -0.3 is 20.7 Å². The van der Waals surface area contributed by atoms with Gasteiger partial charge in [-0.2, -0.15) is 0 Å². The van der Waals surface area contributed by atoms with Gasteiger partial charge >= 0.3 is 6.36 Å². The summed E-state index contributed by atoms with van der Waals surface area (Å²) in [6, 6.07) is 3.69. The van der Waals surface area contributed by atoms with E-state index in [1.165, 1.54) is 12.1 Å². The molecule has 18 heavy (non-hydrogen) atoms. The highest BCUT2D eigenvalue weighted by Gasteiger charge is 2.33. The number of aliphatic hydroxyl groups excluding tert-OH is 2. The summed E-state index contributed by atoms with van der Waals surface area (Å²) in [5, 5.41) is 19.0. The fraction of sp³-hybridized carbons (Fsp3) is 0.400. The molecule has 1 aromatic rings. The van der Waals surface area contributed by atoms with Crippen LogP contribution in [0.15, 0.2) is 22.7 Å². The van der Waals surface area contributed by atoms with Crippen LogP contribution < -0.4 is 10.5 Å². The molecule has 2 unspecified atom stereocenters. The van der Waals surface area contributed by atoms with Crippen LogP contribution in [0.4, 0.5) is 13.2 Å². The zero-order valence-electron chi connectivity index (χ0n) is 8.99. The van der Waals surface area contributed by atoms with Crippen LogP contribution >= 0.6 is 15.9 Å². The summed E-state index contributed by atoms with van der Waals surface area (Å²) in [5.74, 6) is -0.586. The molecule has 0 saturated heterocycles. The maximum atomic E-state index is 12.2. The lowest BCUT2D eigenvalue weighted by molar-refractivity contribution is -0.275. The summed E-state index contributed by atoms with van der Waals surface area (Å²) in [6.07, 6.45) is -7.81. The van der Waals surface area contributed by atoms with E-state index in [0.29, 0.717) is 4.47 Å². The van der Waals surface area contributed by atoms with E-state index < -0.39 is 24.3 Å². The van der Waals surface area contributed by atoms with Gasteiger partial charge in [-0.25, -0.2) is 0 Å². The molecule has 0 amide bonds. The Hall–Kier alpha value is -0.830. The molecule has 0 fully saturated rings. The van der Waals surface area contributed by atoms with Gasteiger partial charge in [-0.3, -0.25) is 0 Å². The molecular weight excluding hydrogens is 319 g/mol. The molecule has 2 atom stereocenters. The monoisotopic (exact) mass is 329 g/mol. The standard InChI is InChI=1S/C10H11BrF3NO3/c11-5-1-2-6(9(17)7(16)4-15)8(3-5)18-10(12,13)14/h1-3,7,9,16-17H,4,15H2. The fourth-order valence-electron chi connectivity index (χ4n) is 1.30. The van der Waals surface area contributed by atoms with Crippen LogP contribution in [0, 0.1) is 0 Å². The van der Waals surface area contributed by atoms with Gasteiger partial charge in [0.15, 0.2) is 0 Å². The van der Waals surface area contributed by atoms with Crippen molar-refractivity contribution in [2.75, 3.05) is 6.54 Å². The molecule has 0 aliphatic heterocycles.